The maximum Gasteiger partial charge on any atom is 0.416 e. The summed E-state index contributed by atoms with van der Waals surface area (Å²) in [5.41, 5.74) is 0.167. The van der Waals surface area contributed by atoms with Crippen LogP contribution in [0.3, 0.4) is 0 Å². The van der Waals surface area contributed by atoms with Gasteiger partial charge in [0.2, 0.25) is 5.91 Å². The summed E-state index contributed by atoms with van der Waals surface area (Å²) in [4.78, 5) is 33.0. The fraction of sp³-hybridized carbons (Fsp3) is 0.316. The van der Waals surface area contributed by atoms with Gasteiger partial charge in [-0.25, -0.2) is 9.78 Å². The van der Waals surface area contributed by atoms with Gasteiger partial charge in [-0.2, -0.15) is 13.2 Å². The van der Waals surface area contributed by atoms with E-state index in [0.29, 0.717) is 35.7 Å². The predicted octanol–water partition coefficient (Wildman–Crippen LogP) is 2.89. The van der Waals surface area contributed by atoms with Crippen molar-refractivity contribution in [1.29, 1.82) is 0 Å². The minimum Gasteiger partial charge on any atom is -0.340 e. The van der Waals surface area contributed by atoms with Gasteiger partial charge >= 0.3 is 11.9 Å². The van der Waals surface area contributed by atoms with E-state index in [1.165, 1.54) is 16.8 Å². The Balaban J connectivity index is 1.71. The summed E-state index contributed by atoms with van der Waals surface area (Å²) < 4.78 is 40.2. The van der Waals surface area contributed by atoms with Crippen LogP contribution in [0.2, 0.25) is 0 Å². The molecular formula is C19H17F3N4O2. The van der Waals surface area contributed by atoms with E-state index in [-0.39, 0.29) is 18.1 Å². The number of pyridine rings is 1. The minimum absolute atomic E-state index is 0.140. The highest BCUT2D eigenvalue weighted by Gasteiger charge is 2.30. The number of alkyl halides is 3. The highest BCUT2D eigenvalue weighted by atomic mass is 19.4. The van der Waals surface area contributed by atoms with Crippen LogP contribution in [0, 0.1) is 5.92 Å². The van der Waals surface area contributed by atoms with Crippen molar-refractivity contribution in [3.63, 3.8) is 0 Å². The summed E-state index contributed by atoms with van der Waals surface area (Å²) in [5.74, 6) is 0.267. The van der Waals surface area contributed by atoms with Gasteiger partial charge in [-0.05, 0) is 29.7 Å². The Hall–Kier alpha value is -3.10. The Morgan fingerprint density at radius 1 is 1.25 bits per heavy atom. The fourth-order valence-electron chi connectivity index (χ4n) is 3.36. The number of halogens is 3. The molecule has 0 aliphatic carbocycles. The average molecular weight is 390 g/mol. The second-order valence-electron chi connectivity index (χ2n) is 7.09. The van der Waals surface area contributed by atoms with Crippen molar-refractivity contribution in [3.05, 3.63) is 52.6 Å². The van der Waals surface area contributed by atoms with Crippen molar-refractivity contribution < 1.29 is 18.0 Å². The molecule has 3 aromatic rings. The molecular weight excluding hydrogens is 373 g/mol. The van der Waals surface area contributed by atoms with Gasteiger partial charge in [0.05, 0.1) is 11.1 Å². The topological polar surface area (TPSA) is 71.0 Å². The highest BCUT2D eigenvalue weighted by molar-refractivity contribution is 5.82. The Kier molecular flexibility index (Phi) is 4.24. The first-order chi connectivity index (χ1) is 13.2. The molecule has 0 bridgehead atoms. The van der Waals surface area contributed by atoms with Crippen molar-refractivity contribution in [2.45, 2.75) is 19.6 Å². The van der Waals surface area contributed by atoms with Gasteiger partial charge in [-0.3, -0.25) is 14.3 Å². The van der Waals surface area contributed by atoms with Crippen LogP contribution in [0.4, 0.5) is 13.2 Å². The van der Waals surface area contributed by atoms with Gasteiger partial charge in [0, 0.05) is 24.8 Å². The van der Waals surface area contributed by atoms with Crippen molar-refractivity contribution in [3.8, 4) is 11.1 Å². The minimum atomic E-state index is -4.45. The quantitative estimate of drug-likeness (QED) is 0.748. The molecule has 6 nitrogen and oxygen atoms in total. The third-order valence-corrected chi connectivity index (χ3v) is 4.86. The van der Waals surface area contributed by atoms with Crippen molar-refractivity contribution in [2.24, 2.45) is 5.92 Å². The molecule has 2 aromatic heterocycles. The molecule has 0 saturated carbocycles. The van der Waals surface area contributed by atoms with E-state index >= 15 is 0 Å². The molecule has 0 radical (unpaired) electrons. The summed E-state index contributed by atoms with van der Waals surface area (Å²) >= 11 is 0. The molecule has 1 aliphatic rings. The number of carbonyl (C=O) groups is 1. The van der Waals surface area contributed by atoms with Crippen LogP contribution in [0.25, 0.3) is 22.3 Å². The van der Waals surface area contributed by atoms with Crippen LogP contribution in [-0.2, 0) is 17.5 Å². The number of nitrogens with one attached hydrogen (secondary N) is 1. The number of aromatic nitrogens is 3. The maximum absolute atomic E-state index is 13.0. The number of rotatable bonds is 3. The van der Waals surface area contributed by atoms with E-state index in [2.05, 4.69) is 9.97 Å². The molecule has 1 aliphatic heterocycles. The van der Waals surface area contributed by atoms with E-state index in [9.17, 15) is 22.8 Å². The van der Waals surface area contributed by atoms with Gasteiger partial charge in [0.1, 0.15) is 6.54 Å². The monoisotopic (exact) mass is 390 g/mol. The number of nitrogens with zero attached hydrogens (tertiary/aromatic N) is 3. The molecule has 28 heavy (non-hydrogen) atoms. The molecule has 1 aromatic carbocycles. The number of imidazole rings is 1. The zero-order chi connectivity index (χ0) is 20.1. The summed E-state index contributed by atoms with van der Waals surface area (Å²) in [5, 5.41) is 0. The van der Waals surface area contributed by atoms with Gasteiger partial charge in [-0.15, -0.1) is 0 Å². The van der Waals surface area contributed by atoms with Gasteiger partial charge in [-0.1, -0.05) is 19.1 Å². The number of benzene rings is 1. The number of carbonyl (C=O) groups excluding carboxylic acids is 1. The number of hydrogen-bond acceptors (Lipinski definition) is 3. The van der Waals surface area contributed by atoms with Crippen molar-refractivity contribution in [1.82, 2.24) is 19.4 Å². The molecule has 0 atom stereocenters. The zero-order valence-corrected chi connectivity index (χ0v) is 15.0. The molecule has 9 heteroatoms. The molecule has 1 fully saturated rings. The number of likely N-dealkylation sites (tertiary alicyclic amines) is 1. The third-order valence-electron chi connectivity index (χ3n) is 4.86. The van der Waals surface area contributed by atoms with E-state index in [1.54, 1.807) is 17.0 Å². The van der Waals surface area contributed by atoms with E-state index < -0.39 is 17.4 Å². The van der Waals surface area contributed by atoms with E-state index in [4.69, 9.17) is 0 Å². The Morgan fingerprint density at radius 2 is 2.00 bits per heavy atom. The van der Waals surface area contributed by atoms with Crippen LogP contribution in [0.5, 0.6) is 0 Å². The molecule has 4 rings (SSSR count). The van der Waals surface area contributed by atoms with Crippen LogP contribution < -0.4 is 5.69 Å². The maximum atomic E-state index is 13.0. The van der Waals surface area contributed by atoms with Crippen LogP contribution in [0.1, 0.15) is 12.5 Å². The lowest BCUT2D eigenvalue weighted by molar-refractivity contribution is -0.138. The standard InChI is InChI=1S/C19H17F3N4O2/c1-11-8-25(9-11)16(27)10-26-15-6-13(7-23-17(15)24-18(26)28)12-3-2-4-14(5-12)19(20,21)22/h2-7,11H,8-10H2,1H3,(H,23,24,28). The molecule has 1 amide bonds. The average Bonchev–Trinajstić information content (AvgIpc) is 2.93. The second-order valence-corrected chi connectivity index (χ2v) is 7.09. The Bertz CT molecular complexity index is 1110. The van der Waals surface area contributed by atoms with Crippen LogP contribution >= 0.6 is 0 Å². The lowest BCUT2D eigenvalue weighted by atomic mass is 10.0. The summed E-state index contributed by atoms with van der Waals surface area (Å²) in [7, 11) is 0. The second kappa shape index (κ2) is 6.50. The number of H-pyrrole nitrogens is 1. The van der Waals surface area contributed by atoms with Gasteiger partial charge < -0.3 is 4.90 Å². The normalized spacial score (nSPS) is 15.1. The van der Waals surface area contributed by atoms with Crippen molar-refractivity contribution >= 4 is 17.1 Å². The third kappa shape index (κ3) is 3.28. The first-order valence-corrected chi connectivity index (χ1v) is 8.76. The SMILES string of the molecule is CC1CN(C(=O)Cn2c(=O)[nH]c3ncc(-c4cccc(C(F)(F)F)c4)cc32)C1. The molecule has 3 heterocycles. The lowest BCUT2D eigenvalue weighted by Gasteiger charge is -2.37. The first kappa shape index (κ1) is 18.3. The number of aromatic amines is 1. The van der Waals surface area contributed by atoms with Gasteiger partial charge in [0.15, 0.2) is 5.65 Å². The Labute approximate surface area is 157 Å². The lowest BCUT2D eigenvalue weighted by Crippen LogP contribution is -2.50. The summed E-state index contributed by atoms with van der Waals surface area (Å²) in [6, 6.07) is 6.46. The molecule has 0 unspecified atom stereocenters. The smallest absolute Gasteiger partial charge is 0.340 e. The summed E-state index contributed by atoms with van der Waals surface area (Å²) in [6.45, 7) is 3.21. The summed E-state index contributed by atoms with van der Waals surface area (Å²) in [6.07, 6.45) is -3.05. The number of amides is 1. The van der Waals surface area contributed by atoms with Crippen molar-refractivity contribution in [2.75, 3.05) is 13.1 Å². The highest BCUT2D eigenvalue weighted by Crippen LogP contribution is 2.32. The Morgan fingerprint density at radius 3 is 2.68 bits per heavy atom. The van der Waals surface area contributed by atoms with Crippen LogP contribution in [0.15, 0.2) is 41.3 Å². The number of hydrogen-bond donors (Lipinski definition) is 1. The molecule has 0 spiro atoms. The number of fused-ring (bicyclic) bond motifs is 1. The van der Waals surface area contributed by atoms with Crippen LogP contribution in [-0.4, -0.2) is 38.4 Å². The van der Waals surface area contributed by atoms with E-state index in [1.807, 2.05) is 6.92 Å². The zero-order valence-electron chi connectivity index (χ0n) is 15.0. The predicted molar refractivity (Wildman–Crippen MR) is 96.5 cm³/mol. The largest absolute Gasteiger partial charge is 0.416 e. The molecule has 1 saturated heterocycles. The van der Waals surface area contributed by atoms with Gasteiger partial charge in [0.25, 0.3) is 0 Å². The van der Waals surface area contributed by atoms with E-state index in [0.717, 1.165) is 12.1 Å². The first-order valence-electron chi connectivity index (χ1n) is 8.76. The fourth-order valence-corrected chi connectivity index (χ4v) is 3.36. The molecule has 146 valence electrons. The molecule has 1 N–H and O–H groups in total.